The van der Waals surface area contributed by atoms with Gasteiger partial charge in [-0.25, -0.2) is 0 Å². The minimum absolute atomic E-state index is 0.531. The molecule has 9 heavy (non-hydrogen) atoms. The van der Waals surface area contributed by atoms with Gasteiger partial charge in [-0.1, -0.05) is 0 Å². The highest BCUT2D eigenvalue weighted by atomic mass is 16.5. The molecule has 0 aliphatic carbocycles. The van der Waals surface area contributed by atoms with Gasteiger partial charge in [0.1, 0.15) is 0 Å². The van der Waals surface area contributed by atoms with Crippen molar-refractivity contribution in [2.75, 3.05) is 26.1 Å². The fourth-order valence-corrected chi connectivity index (χ4v) is 0.456. The quantitative estimate of drug-likeness (QED) is 0.528. The highest BCUT2D eigenvalue weighted by Crippen LogP contribution is 2.01. The van der Waals surface area contributed by atoms with E-state index in [9.17, 15) is 0 Å². The number of hydrogen-bond acceptors (Lipinski definition) is 2. The smallest absolute Gasteiger partial charge is 0.0594 e. The Bertz CT molecular complexity index is 289. The summed E-state index contributed by atoms with van der Waals surface area (Å²) < 4.78 is 64.5. The van der Waals surface area contributed by atoms with Crippen LogP contribution in [-0.4, -0.2) is 37.1 Å². The predicted octanol–water partition coefficient (Wildman–Crippen LogP) is 0.727. The SMILES string of the molecule is [2H]C1([2H])OC([2H])([2H])C([2H])([2H])N(C(C)C)C1([2H])[2H]. The Hall–Kier alpha value is -0.0800. The van der Waals surface area contributed by atoms with E-state index in [1.807, 2.05) is 0 Å². The predicted molar refractivity (Wildman–Crippen MR) is 37.5 cm³/mol. The van der Waals surface area contributed by atoms with Crippen LogP contribution in [0.4, 0.5) is 0 Å². The summed E-state index contributed by atoms with van der Waals surface area (Å²) in [4.78, 5) is 0.531. The van der Waals surface area contributed by atoms with Gasteiger partial charge in [-0.05, 0) is 13.8 Å². The third kappa shape index (κ3) is 1.95. The van der Waals surface area contributed by atoms with Crippen molar-refractivity contribution in [2.24, 2.45) is 0 Å². The Labute approximate surface area is 68.0 Å². The largest absolute Gasteiger partial charge is 0.379 e. The third-order valence-corrected chi connectivity index (χ3v) is 0.951. The monoisotopic (exact) mass is 137 g/mol. The molecule has 0 aromatic carbocycles. The second-order valence-corrected chi connectivity index (χ2v) is 1.99. The summed E-state index contributed by atoms with van der Waals surface area (Å²) in [6.45, 7) is -8.48. The minimum atomic E-state index is -2.94. The van der Waals surface area contributed by atoms with Crippen molar-refractivity contribution in [2.45, 2.75) is 19.9 Å². The first-order valence-electron chi connectivity index (χ1n) is 6.77. The van der Waals surface area contributed by atoms with Crippen LogP contribution >= 0.6 is 0 Å². The molecule has 2 heteroatoms. The number of morpholine rings is 1. The molecule has 0 bridgehead atoms. The number of ether oxygens (including phenoxy) is 1. The van der Waals surface area contributed by atoms with E-state index < -0.39 is 32.2 Å². The van der Waals surface area contributed by atoms with E-state index >= 15 is 0 Å². The number of hydrogen-bond donors (Lipinski definition) is 0. The summed E-state index contributed by atoms with van der Waals surface area (Å²) in [7, 11) is 0. The van der Waals surface area contributed by atoms with Gasteiger partial charge >= 0.3 is 0 Å². The van der Waals surface area contributed by atoms with Crippen LogP contribution in [-0.2, 0) is 4.74 Å². The fourth-order valence-electron chi connectivity index (χ4n) is 0.456. The zero-order chi connectivity index (χ0) is 13.9. The van der Waals surface area contributed by atoms with Crippen LogP contribution in [0.25, 0.3) is 0 Å². The van der Waals surface area contributed by atoms with E-state index in [-0.39, 0.29) is 0 Å². The maximum atomic E-state index is 7.63. The molecule has 1 fully saturated rings. The first-order chi connectivity index (χ1) is 7.27. The van der Waals surface area contributed by atoms with Crippen LogP contribution in [0.15, 0.2) is 0 Å². The second-order valence-electron chi connectivity index (χ2n) is 1.99. The summed E-state index contributed by atoms with van der Waals surface area (Å²) in [6, 6.07) is -0.728. The van der Waals surface area contributed by atoms with E-state index in [0.29, 0.717) is 4.90 Å². The molecule has 1 aliphatic rings. The van der Waals surface area contributed by atoms with E-state index in [1.165, 1.54) is 13.8 Å². The van der Waals surface area contributed by atoms with Gasteiger partial charge in [-0.3, -0.25) is 4.90 Å². The van der Waals surface area contributed by atoms with Crippen LogP contribution < -0.4 is 0 Å². The molecule has 1 aliphatic heterocycles. The van der Waals surface area contributed by atoms with Gasteiger partial charge in [-0.15, -0.1) is 0 Å². The molecule has 0 unspecified atom stereocenters. The fraction of sp³-hybridized carbons (Fsp3) is 1.00. The molecule has 0 spiro atoms. The maximum absolute atomic E-state index is 7.63. The Kier molecular flexibility index (Phi) is 0.691. The van der Waals surface area contributed by atoms with Crippen LogP contribution in [0.2, 0.25) is 0 Å². The number of nitrogens with zero attached hydrogens (tertiary/aromatic N) is 1. The second kappa shape index (κ2) is 3.18. The highest BCUT2D eigenvalue weighted by molar-refractivity contribution is 4.64. The normalized spacial score (nSPS) is 58.6. The molecule has 0 aromatic rings. The highest BCUT2D eigenvalue weighted by Gasteiger charge is 2.11. The Balaban J connectivity index is 3.38. The van der Waals surface area contributed by atoms with Crippen molar-refractivity contribution in [3.63, 3.8) is 0 Å². The summed E-state index contributed by atoms with van der Waals surface area (Å²) in [5.41, 5.74) is 0. The number of rotatable bonds is 1. The van der Waals surface area contributed by atoms with Crippen LogP contribution in [0.3, 0.4) is 0 Å². The van der Waals surface area contributed by atoms with Crippen molar-refractivity contribution in [3.8, 4) is 0 Å². The van der Waals surface area contributed by atoms with Gasteiger partial charge in [0, 0.05) is 24.5 Å². The topological polar surface area (TPSA) is 12.5 Å². The molecule has 0 saturated carbocycles. The summed E-state index contributed by atoms with van der Waals surface area (Å²) in [5.74, 6) is 0. The molecule has 1 saturated heterocycles. The summed E-state index contributed by atoms with van der Waals surface area (Å²) >= 11 is 0. The molecule has 0 N–H and O–H groups in total. The molecule has 1 heterocycles. The lowest BCUT2D eigenvalue weighted by molar-refractivity contribution is 0.0238. The van der Waals surface area contributed by atoms with Crippen molar-refractivity contribution >= 4 is 0 Å². The summed E-state index contributed by atoms with van der Waals surface area (Å²) in [6.07, 6.45) is 0. The molecule has 2 nitrogen and oxygen atoms in total. The Morgan fingerprint density at radius 3 is 2.44 bits per heavy atom. The van der Waals surface area contributed by atoms with Gasteiger partial charge in [0.25, 0.3) is 0 Å². The summed E-state index contributed by atoms with van der Waals surface area (Å²) in [5, 5.41) is 0. The standard InChI is InChI=1S/C7H15NO/c1-7(2)8-3-5-9-6-4-8/h7H,3-6H2,1-2H3/i3D2,4D2,5D2,6D2. The minimum Gasteiger partial charge on any atom is -0.379 e. The molecule has 0 aromatic heterocycles. The van der Waals surface area contributed by atoms with Crippen molar-refractivity contribution in [1.29, 1.82) is 0 Å². The van der Waals surface area contributed by atoms with E-state index in [1.54, 1.807) is 0 Å². The molecule has 0 atom stereocenters. The van der Waals surface area contributed by atoms with E-state index in [2.05, 4.69) is 4.74 Å². The molecular weight excluding hydrogens is 114 g/mol. The van der Waals surface area contributed by atoms with Gasteiger partial charge in [-0.2, -0.15) is 0 Å². The average Bonchev–Trinajstić information content (AvgIpc) is 1.96. The lowest BCUT2D eigenvalue weighted by atomic mass is 10.3. The molecular formula is C7H15NO. The maximum Gasteiger partial charge on any atom is 0.0594 e. The first-order valence-corrected chi connectivity index (χ1v) is 2.77. The first kappa shape index (κ1) is 1.95. The molecule has 0 amide bonds. The van der Waals surface area contributed by atoms with Crippen LogP contribution in [0.1, 0.15) is 24.8 Å². The van der Waals surface area contributed by atoms with Crippen LogP contribution in [0.5, 0.6) is 0 Å². The van der Waals surface area contributed by atoms with Crippen molar-refractivity contribution in [3.05, 3.63) is 0 Å². The van der Waals surface area contributed by atoms with Crippen molar-refractivity contribution in [1.82, 2.24) is 4.90 Å². The van der Waals surface area contributed by atoms with E-state index in [4.69, 9.17) is 11.0 Å². The third-order valence-electron chi connectivity index (χ3n) is 0.951. The zero-order valence-electron chi connectivity index (χ0n) is 13.4. The Morgan fingerprint density at radius 2 is 2.00 bits per heavy atom. The van der Waals surface area contributed by atoms with Gasteiger partial charge < -0.3 is 4.74 Å². The van der Waals surface area contributed by atoms with Crippen LogP contribution in [0, 0.1) is 0 Å². The zero-order valence-corrected chi connectivity index (χ0v) is 5.43. The molecule has 54 valence electrons. The van der Waals surface area contributed by atoms with E-state index in [0.717, 1.165) is 0 Å². The average molecular weight is 137 g/mol. The van der Waals surface area contributed by atoms with Gasteiger partial charge in [0.15, 0.2) is 0 Å². The molecule has 1 rings (SSSR count). The Morgan fingerprint density at radius 1 is 1.44 bits per heavy atom. The lowest BCUT2D eigenvalue weighted by Gasteiger charge is -2.29. The van der Waals surface area contributed by atoms with Gasteiger partial charge in [0.05, 0.1) is 18.6 Å². The van der Waals surface area contributed by atoms with Gasteiger partial charge in [0.2, 0.25) is 0 Å². The molecule has 0 radical (unpaired) electrons. The lowest BCUT2D eigenvalue weighted by Crippen LogP contribution is -2.40. The van der Waals surface area contributed by atoms with Crippen molar-refractivity contribution < 1.29 is 15.7 Å².